The summed E-state index contributed by atoms with van der Waals surface area (Å²) in [5.41, 5.74) is 3.43. The van der Waals surface area contributed by atoms with Gasteiger partial charge in [0.15, 0.2) is 0 Å². The summed E-state index contributed by atoms with van der Waals surface area (Å²) in [6.45, 7) is 0. The average Bonchev–Trinajstić information content (AvgIpc) is 2.59. The van der Waals surface area contributed by atoms with Gasteiger partial charge in [0, 0.05) is 0 Å². The standard InChI is InChI=1S/C21H20O3/c22-19-7-1-15(2-8-19)13-18(17-5-11-21(24)12-6-17)14-16-3-9-20(23)10-4-16/h1-12,18,22-24H,13-14H2. The molecule has 0 bridgehead atoms. The highest BCUT2D eigenvalue weighted by Gasteiger charge is 2.14. The Balaban J connectivity index is 1.86. The number of phenols is 3. The molecule has 0 saturated heterocycles. The van der Waals surface area contributed by atoms with Crippen LogP contribution < -0.4 is 0 Å². The Bertz CT molecular complexity index is 727. The summed E-state index contributed by atoms with van der Waals surface area (Å²) < 4.78 is 0. The van der Waals surface area contributed by atoms with Crippen molar-refractivity contribution in [2.45, 2.75) is 18.8 Å². The number of aromatic hydroxyl groups is 3. The fourth-order valence-electron chi connectivity index (χ4n) is 2.89. The second-order valence-corrected chi connectivity index (χ2v) is 6.03. The van der Waals surface area contributed by atoms with E-state index in [0.717, 1.165) is 29.5 Å². The number of hydrogen-bond acceptors (Lipinski definition) is 3. The molecule has 3 aromatic carbocycles. The quantitative estimate of drug-likeness (QED) is 0.654. The van der Waals surface area contributed by atoms with E-state index < -0.39 is 0 Å². The number of hydrogen-bond donors (Lipinski definition) is 3. The molecule has 24 heavy (non-hydrogen) atoms. The van der Waals surface area contributed by atoms with Crippen LogP contribution in [0.5, 0.6) is 17.2 Å². The van der Waals surface area contributed by atoms with Gasteiger partial charge < -0.3 is 15.3 Å². The summed E-state index contributed by atoms with van der Waals surface area (Å²) in [4.78, 5) is 0. The molecule has 0 fully saturated rings. The van der Waals surface area contributed by atoms with Crippen LogP contribution in [-0.2, 0) is 12.8 Å². The molecule has 3 N–H and O–H groups in total. The molecule has 0 aliphatic rings. The van der Waals surface area contributed by atoms with Gasteiger partial charge in [0.05, 0.1) is 0 Å². The molecule has 0 amide bonds. The highest BCUT2D eigenvalue weighted by molar-refractivity contribution is 5.34. The van der Waals surface area contributed by atoms with Gasteiger partial charge in [-0.1, -0.05) is 36.4 Å². The predicted molar refractivity (Wildman–Crippen MR) is 94.5 cm³/mol. The lowest BCUT2D eigenvalue weighted by atomic mass is 9.86. The van der Waals surface area contributed by atoms with E-state index in [9.17, 15) is 15.3 Å². The van der Waals surface area contributed by atoms with E-state index in [1.165, 1.54) is 0 Å². The zero-order valence-corrected chi connectivity index (χ0v) is 13.3. The fraction of sp³-hybridized carbons (Fsp3) is 0.143. The van der Waals surface area contributed by atoms with E-state index in [-0.39, 0.29) is 23.2 Å². The summed E-state index contributed by atoms with van der Waals surface area (Å²) in [5, 5.41) is 28.4. The maximum Gasteiger partial charge on any atom is 0.115 e. The second kappa shape index (κ2) is 7.09. The van der Waals surface area contributed by atoms with Gasteiger partial charge >= 0.3 is 0 Å². The Morgan fingerprint density at radius 2 is 0.833 bits per heavy atom. The monoisotopic (exact) mass is 320 g/mol. The van der Waals surface area contributed by atoms with Crippen LogP contribution in [0.15, 0.2) is 72.8 Å². The van der Waals surface area contributed by atoms with Crippen LogP contribution in [-0.4, -0.2) is 15.3 Å². The minimum absolute atomic E-state index is 0.236. The van der Waals surface area contributed by atoms with Gasteiger partial charge in [0.1, 0.15) is 17.2 Å². The summed E-state index contributed by atoms with van der Waals surface area (Å²) >= 11 is 0. The Morgan fingerprint density at radius 1 is 0.500 bits per heavy atom. The van der Waals surface area contributed by atoms with Crippen LogP contribution in [0.3, 0.4) is 0 Å². The van der Waals surface area contributed by atoms with Gasteiger partial charge in [-0.15, -0.1) is 0 Å². The molecular weight excluding hydrogens is 300 g/mol. The molecule has 3 rings (SSSR count). The van der Waals surface area contributed by atoms with Crippen molar-refractivity contribution < 1.29 is 15.3 Å². The molecule has 0 unspecified atom stereocenters. The lowest BCUT2D eigenvalue weighted by Gasteiger charge is -2.18. The van der Waals surface area contributed by atoms with Gasteiger partial charge in [-0.3, -0.25) is 0 Å². The first kappa shape index (κ1) is 15.9. The van der Waals surface area contributed by atoms with Crippen LogP contribution in [0.2, 0.25) is 0 Å². The Labute approximate surface area is 141 Å². The summed E-state index contributed by atoms with van der Waals surface area (Å²) in [6.07, 6.45) is 1.65. The number of phenolic OH excluding ortho intramolecular Hbond substituents is 3. The highest BCUT2D eigenvalue weighted by Crippen LogP contribution is 2.28. The third-order valence-corrected chi connectivity index (χ3v) is 4.20. The zero-order valence-electron chi connectivity index (χ0n) is 13.3. The molecule has 3 aromatic rings. The topological polar surface area (TPSA) is 60.7 Å². The molecule has 0 radical (unpaired) electrons. The largest absolute Gasteiger partial charge is 0.508 e. The van der Waals surface area contributed by atoms with Crippen LogP contribution in [0, 0.1) is 0 Å². The van der Waals surface area contributed by atoms with Gasteiger partial charge in [0.2, 0.25) is 0 Å². The molecule has 122 valence electrons. The SMILES string of the molecule is Oc1ccc(CC(Cc2ccc(O)cc2)c2ccc(O)cc2)cc1. The van der Waals surface area contributed by atoms with Crippen molar-refractivity contribution in [3.8, 4) is 17.2 Å². The Morgan fingerprint density at radius 3 is 1.21 bits per heavy atom. The van der Waals surface area contributed by atoms with E-state index in [0.29, 0.717) is 0 Å². The van der Waals surface area contributed by atoms with Gasteiger partial charge in [-0.25, -0.2) is 0 Å². The molecule has 0 aliphatic carbocycles. The minimum Gasteiger partial charge on any atom is -0.508 e. The maximum atomic E-state index is 9.52. The minimum atomic E-state index is 0.236. The third-order valence-electron chi connectivity index (χ3n) is 4.20. The third kappa shape index (κ3) is 4.07. The van der Waals surface area contributed by atoms with Gasteiger partial charge in [-0.2, -0.15) is 0 Å². The van der Waals surface area contributed by atoms with Crippen molar-refractivity contribution in [1.29, 1.82) is 0 Å². The first-order chi connectivity index (χ1) is 11.6. The molecule has 0 saturated carbocycles. The number of rotatable bonds is 5. The van der Waals surface area contributed by atoms with E-state index in [2.05, 4.69) is 0 Å². The van der Waals surface area contributed by atoms with E-state index in [4.69, 9.17) is 0 Å². The van der Waals surface area contributed by atoms with Gasteiger partial charge in [-0.05, 0) is 71.8 Å². The van der Waals surface area contributed by atoms with Crippen LogP contribution in [0.25, 0.3) is 0 Å². The normalized spacial score (nSPS) is 10.9. The van der Waals surface area contributed by atoms with E-state index >= 15 is 0 Å². The molecule has 0 aliphatic heterocycles. The van der Waals surface area contributed by atoms with Crippen molar-refractivity contribution in [2.75, 3.05) is 0 Å². The molecule has 3 heteroatoms. The van der Waals surface area contributed by atoms with Crippen LogP contribution in [0.1, 0.15) is 22.6 Å². The first-order valence-electron chi connectivity index (χ1n) is 7.95. The van der Waals surface area contributed by atoms with Gasteiger partial charge in [0.25, 0.3) is 0 Å². The summed E-state index contributed by atoms with van der Waals surface area (Å²) in [7, 11) is 0. The highest BCUT2D eigenvalue weighted by atomic mass is 16.3. The molecule has 0 spiro atoms. The number of benzene rings is 3. The lowest BCUT2D eigenvalue weighted by Crippen LogP contribution is -2.07. The van der Waals surface area contributed by atoms with Crippen molar-refractivity contribution in [1.82, 2.24) is 0 Å². The summed E-state index contributed by atoms with van der Waals surface area (Å²) in [5.74, 6) is 1.02. The molecule has 3 nitrogen and oxygen atoms in total. The Hall–Kier alpha value is -2.94. The first-order valence-corrected chi connectivity index (χ1v) is 7.95. The van der Waals surface area contributed by atoms with Crippen molar-refractivity contribution >= 4 is 0 Å². The van der Waals surface area contributed by atoms with Crippen molar-refractivity contribution in [3.63, 3.8) is 0 Å². The van der Waals surface area contributed by atoms with E-state index in [1.54, 1.807) is 36.4 Å². The molecule has 0 atom stereocenters. The molecular formula is C21H20O3. The zero-order chi connectivity index (χ0) is 16.9. The smallest absolute Gasteiger partial charge is 0.115 e. The maximum absolute atomic E-state index is 9.52. The second-order valence-electron chi connectivity index (χ2n) is 6.03. The van der Waals surface area contributed by atoms with E-state index in [1.807, 2.05) is 36.4 Å². The average molecular weight is 320 g/mol. The fourth-order valence-corrected chi connectivity index (χ4v) is 2.89. The molecule has 0 heterocycles. The van der Waals surface area contributed by atoms with Crippen LogP contribution in [0.4, 0.5) is 0 Å². The Kier molecular flexibility index (Phi) is 4.71. The van der Waals surface area contributed by atoms with Crippen LogP contribution >= 0.6 is 0 Å². The lowest BCUT2D eigenvalue weighted by molar-refractivity contribution is 0.473. The predicted octanol–water partition coefficient (Wildman–Crippen LogP) is 4.37. The van der Waals surface area contributed by atoms with Crippen molar-refractivity contribution in [3.05, 3.63) is 89.5 Å². The molecule has 0 aromatic heterocycles. The summed E-state index contributed by atoms with van der Waals surface area (Å²) in [6, 6.07) is 21.8. The van der Waals surface area contributed by atoms with Crippen molar-refractivity contribution in [2.24, 2.45) is 0 Å².